The number of rotatable bonds is 4. The largest absolute Gasteiger partial charge is 0.497 e. The van der Waals surface area contributed by atoms with Gasteiger partial charge >= 0.3 is 0 Å². The summed E-state index contributed by atoms with van der Waals surface area (Å²) in [4.78, 5) is 2.58. The van der Waals surface area contributed by atoms with E-state index in [-0.39, 0.29) is 6.04 Å². The second kappa shape index (κ2) is 6.59. The Morgan fingerprint density at radius 1 is 1.35 bits per heavy atom. The molecule has 2 rings (SSSR count). The molecule has 4 unspecified atom stereocenters. The summed E-state index contributed by atoms with van der Waals surface area (Å²) in [5.74, 6) is 2.37. The summed E-state index contributed by atoms with van der Waals surface area (Å²) in [6.45, 7) is 8.81. The highest BCUT2D eigenvalue weighted by atomic mass is 16.5. The number of hydrogen-bond acceptors (Lipinski definition) is 3. The van der Waals surface area contributed by atoms with Crippen molar-refractivity contribution in [2.24, 2.45) is 17.6 Å². The predicted octanol–water partition coefficient (Wildman–Crippen LogP) is 3.06. The average molecular weight is 276 g/mol. The van der Waals surface area contributed by atoms with E-state index in [9.17, 15) is 0 Å². The van der Waals surface area contributed by atoms with Crippen molar-refractivity contribution in [3.05, 3.63) is 29.8 Å². The number of nitrogens with zero attached hydrogens (tertiary/aromatic N) is 1. The van der Waals surface area contributed by atoms with Gasteiger partial charge in [0, 0.05) is 25.2 Å². The highest BCUT2D eigenvalue weighted by Gasteiger charge is 2.33. The van der Waals surface area contributed by atoms with E-state index in [0.29, 0.717) is 12.6 Å². The molecule has 0 saturated carbocycles. The van der Waals surface area contributed by atoms with Gasteiger partial charge in [0.05, 0.1) is 7.11 Å². The summed E-state index contributed by atoms with van der Waals surface area (Å²) in [5, 5.41) is 0. The van der Waals surface area contributed by atoms with Crippen molar-refractivity contribution < 1.29 is 4.74 Å². The maximum atomic E-state index is 6.10. The molecule has 1 aromatic rings. The highest BCUT2D eigenvalue weighted by Crippen LogP contribution is 2.34. The first-order valence-electron chi connectivity index (χ1n) is 7.66. The van der Waals surface area contributed by atoms with Crippen LogP contribution < -0.4 is 10.5 Å². The zero-order valence-electron chi connectivity index (χ0n) is 13.2. The zero-order valence-corrected chi connectivity index (χ0v) is 13.2. The van der Waals surface area contributed by atoms with Crippen molar-refractivity contribution in [2.45, 2.75) is 39.3 Å². The number of ether oxygens (including phenoxy) is 1. The molecule has 4 atom stereocenters. The normalized spacial score (nSPS) is 29.1. The molecule has 1 aromatic carbocycles. The summed E-state index contributed by atoms with van der Waals surface area (Å²) in [6.07, 6.45) is 1.31. The summed E-state index contributed by atoms with van der Waals surface area (Å²) in [7, 11) is 1.71. The van der Waals surface area contributed by atoms with Gasteiger partial charge in [-0.2, -0.15) is 0 Å². The Balaban J connectivity index is 2.25. The van der Waals surface area contributed by atoms with Crippen molar-refractivity contribution in [2.75, 3.05) is 20.2 Å². The first kappa shape index (κ1) is 15.3. The van der Waals surface area contributed by atoms with Gasteiger partial charge in [0.25, 0.3) is 0 Å². The van der Waals surface area contributed by atoms with E-state index in [1.807, 2.05) is 6.07 Å². The Morgan fingerprint density at radius 3 is 2.75 bits per heavy atom. The maximum absolute atomic E-state index is 6.10. The van der Waals surface area contributed by atoms with Crippen LogP contribution in [0.2, 0.25) is 0 Å². The molecule has 1 aliphatic rings. The molecule has 0 bridgehead atoms. The third kappa shape index (κ3) is 3.15. The minimum absolute atomic E-state index is 0.283. The molecule has 3 nitrogen and oxygen atoms in total. The Hall–Kier alpha value is -1.06. The number of piperidine rings is 1. The van der Waals surface area contributed by atoms with E-state index in [4.69, 9.17) is 10.5 Å². The topological polar surface area (TPSA) is 38.5 Å². The lowest BCUT2D eigenvalue weighted by molar-refractivity contribution is 0.0424. The van der Waals surface area contributed by atoms with E-state index in [1.165, 1.54) is 12.0 Å². The van der Waals surface area contributed by atoms with Crippen LogP contribution in [0.4, 0.5) is 0 Å². The van der Waals surface area contributed by atoms with Crippen molar-refractivity contribution in [1.29, 1.82) is 0 Å². The number of hydrogen-bond donors (Lipinski definition) is 1. The highest BCUT2D eigenvalue weighted by molar-refractivity contribution is 5.31. The summed E-state index contributed by atoms with van der Waals surface area (Å²) in [6, 6.07) is 9.18. The van der Waals surface area contributed by atoms with Gasteiger partial charge in [-0.05, 0) is 42.9 Å². The lowest BCUT2D eigenvalue weighted by Crippen LogP contribution is -2.49. The Labute approximate surface area is 123 Å². The van der Waals surface area contributed by atoms with Gasteiger partial charge in [-0.1, -0.05) is 26.0 Å². The molecule has 3 heteroatoms. The first-order valence-corrected chi connectivity index (χ1v) is 7.66. The summed E-state index contributed by atoms with van der Waals surface area (Å²) < 4.78 is 5.35. The van der Waals surface area contributed by atoms with E-state index in [2.05, 4.69) is 43.9 Å². The average Bonchev–Trinajstić information content (AvgIpc) is 2.45. The molecule has 0 aromatic heterocycles. The number of likely N-dealkylation sites (tertiary alicyclic amines) is 1. The molecular formula is C17H28N2O. The molecular weight excluding hydrogens is 248 g/mol. The van der Waals surface area contributed by atoms with Crippen LogP contribution >= 0.6 is 0 Å². The minimum atomic E-state index is 0.283. The second-order valence-electron chi connectivity index (χ2n) is 6.28. The fourth-order valence-electron chi connectivity index (χ4n) is 3.48. The number of methoxy groups -OCH3 is 1. The molecule has 20 heavy (non-hydrogen) atoms. The fourth-order valence-corrected chi connectivity index (χ4v) is 3.48. The molecule has 0 spiro atoms. The van der Waals surface area contributed by atoms with Gasteiger partial charge in [0.15, 0.2) is 0 Å². The molecule has 112 valence electrons. The quantitative estimate of drug-likeness (QED) is 0.918. The number of benzene rings is 1. The lowest BCUT2D eigenvalue weighted by Gasteiger charge is -2.45. The Kier molecular flexibility index (Phi) is 5.06. The maximum Gasteiger partial charge on any atom is 0.119 e. The SMILES string of the molecule is COc1cccc(C(CN)N2CC(C)CC(C)C2C)c1. The van der Waals surface area contributed by atoms with E-state index in [0.717, 1.165) is 24.1 Å². The minimum Gasteiger partial charge on any atom is -0.497 e. The van der Waals surface area contributed by atoms with Gasteiger partial charge in [-0.15, -0.1) is 0 Å². The fraction of sp³-hybridized carbons (Fsp3) is 0.647. The smallest absolute Gasteiger partial charge is 0.119 e. The zero-order chi connectivity index (χ0) is 14.7. The second-order valence-corrected chi connectivity index (χ2v) is 6.28. The first-order chi connectivity index (χ1) is 9.56. The van der Waals surface area contributed by atoms with E-state index < -0.39 is 0 Å². The Morgan fingerprint density at radius 2 is 2.10 bits per heavy atom. The van der Waals surface area contributed by atoms with E-state index in [1.54, 1.807) is 7.11 Å². The van der Waals surface area contributed by atoms with Crippen LogP contribution in [0, 0.1) is 11.8 Å². The van der Waals surface area contributed by atoms with Crippen molar-refractivity contribution in [1.82, 2.24) is 4.90 Å². The van der Waals surface area contributed by atoms with Crippen LogP contribution in [0.5, 0.6) is 5.75 Å². The summed E-state index contributed by atoms with van der Waals surface area (Å²) >= 11 is 0. The van der Waals surface area contributed by atoms with Crippen LogP contribution in [0.25, 0.3) is 0 Å². The van der Waals surface area contributed by atoms with Crippen molar-refractivity contribution in [3.63, 3.8) is 0 Å². The van der Waals surface area contributed by atoms with Gasteiger partial charge in [-0.25, -0.2) is 0 Å². The Bertz CT molecular complexity index is 435. The monoisotopic (exact) mass is 276 g/mol. The standard InChI is InChI=1S/C17H28N2O/c1-12-8-13(2)14(3)19(11-12)17(10-18)15-6-5-7-16(9-15)20-4/h5-7,9,12-14,17H,8,10-11,18H2,1-4H3. The molecule has 0 amide bonds. The van der Waals surface area contributed by atoms with Crippen LogP contribution in [0.15, 0.2) is 24.3 Å². The van der Waals surface area contributed by atoms with Crippen LogP contribution in [0.1, 0.15) is 38.8 Å². The third-order valence-electron chi connectivity index (χ3n) is 4.75. The lowest BCUT2D eigenvalue weighted by atomic mass is 9.84. The van der Waals surface area contributed by atoms with Gasteiger partial charge in [-0.3, -0.25) is 4.90 Å². The molecule has 1 fully saturated rings. The summed E-state index contributed by atoms with van der Waals surface area (Å²) in [5.41, 5.74) is 7.36. The van der Waals surface area contributed by atoms with Gasteiger partial charge < -0.3 is 10.5 Å². The van der Waals surface area contributed by atoms with Crippen LogP contribution in [-0.4, -0.2) is 31.1 Å². The van der Waals surface area contributed by atoms with Crippen LogP contribution in [-0.2, 0) is 0 Å². The molecule has 0 radical (unpaired) electrons. The van der Waals surface area contributed by atoms with Gasteiger partial charge in [0.2, 0.25) is 0 Å². The predicted molar refractivity (Wildman–Crippen MR) is 83.9 cm³/mol. The van der Waals surface area contributed by atoms with Crippen LogP contribution in [0.3, 0.4) is 0 Å². The number of nitrogens with two attached hydrogens (primary N) is 1. The van der Waals surface area contributed by atoms with Crippen molar-refractivity contribution in [3.8, 4) is 5.75 Å². The molecule has 1 aliphatic heterocycles. The van der Waals surface area contributed by atoms with Gasteiger partial charge in [0.1, 0.15) is 5.75 Å². The third-order valence-corrected chi connectivity index (χ3v) is 4.75. The molecule has 2 N–H and O–H groups in total. The molecule has 1 saturated heterocycles. The van der Waals surface area contributed by atoms with E-state index >= 15 is 0 Å². The van der Waals surface area contributed by atoms with Crippen molar-refractivity contribution >= 4 is 0 Å². The molecule has 0 aliphatic carbocycles. The molecule has 1 heterocycles.